The second-order valence-corrected chi connectivity index (χ2v) is 9.52. The van der Waals surface area contributed by atoms with Gasteiger partial charge < -0.3 is 14.4 Å². The third-order valence-corrected chi connectivity index (χ3v) is 7.28. The highest BCUT2D eigenvalue weighted by atomic mass is 32.1. The molecule has 2 aliphatic rings. The van der Waals surface area contributed by atoms with Crippen LogP contribution < -0.4 is 24.5 Å². The average molecular weight is 518 g/mol. The Morgan fingerprint density at radius 2 is 1.78 bits per heavy atom. The molecule has 1 aromatic heterocycles. The summed E-state index contributed by atoms with van der Waals surface area (Å²) >= 11 is 1.11. The van der Waals surface area contributed by atoms with Crippen molar-refractivity contribution in [2.24, 2.45) is 4.99 Å². The summed E-state index contributed by atoms with van der Waals surface area (Å²) in [7, 11) is 1.67. The molecule has 9 nitrogen and oxygen atoms in total. The van der Waals surface area contributed by atoms with Crippen molar-refractivity contribution in [3.63, 3.8) is 0 Å². The van der Waals surface area contributed by atoms with E-state index in [0.717, 1.165) is 11.3 Å². The van der Waals surface area contributed by atoms with Crippen molar-refractivity contribution in [3.05, 3.63) is 90.6 Å². The number of amides is 1. The molecule has 0 saturated heterocycles. The maximum Gasteiger partial charge on any atom is 0.338 e. The van der Waals surface area contributed by atoms with Crippen molar-refractivity contribution in [1.29, 1.82) is 0 Å². The van der Waals surface area contributed by atoms with Crippen LogP contribution in [-0.2, 0) is 19.1 Å². The number of para-hydroxylation sites is 1. The minimum atomic E-state index is -0.847. The summed E-state index contributed by atoms with van der Waals surface area (Å²) < 4.78 is 12.1. The topological polar surface area (TPSA) is 107 Å². The Labute approximate surface area is 215 Å². The van der Waals surface area contributed by atoms with Crippen LogP contribution in [0.2, 0.25) is 0 Å². The number of carbonyl (C=O) groups is 3. The Morgan fingerprint density at radius 1 is 1.08 bits per heavy atom. The van der Waals surface area contributed by atoms with Gasteiger partial charge in [0.1, 0.15) is 10.3 Å². The first kappa shape index (κ1) is 24.4. The van der Waals surface area contributed by atoms with Crippen LogP contribution >= 0.6 is 11.3 Å². The van der Waals surface area contributed by atoms with Gasteiger partial charge in [0.25, 0.3) is 11.5 Å². The molecule has 37 heavy (non-hydrogen) atoms. The minimum Gasteiger partial charge on any atom is -0.463 e. The molecule has 0 spiro atoms. The molecule has 0 bridgehead atoms. The maximum absolute atomic E-state index is 14.0. The summed E-state index contributed by atoms with van der Waals surface area (Å²) in [6.45, 7) is 4.85. The fraction of sp³-hybridized carbons (Fsp3) is 0.222. The first-order chi connectivity index (χ1) is 17.7. The van der Waals surface area contributed by atoms with Gasteiger partial charge in [0.2, 0.25) is 0 Å². The zero-order chi connectivity index (χ0) is 26.4. The van der Waals surface area contributed by atoms with E-state index in [4.69, 9.17) is 9.47 Å². The molecular weight excluding hydrogens is 494 g/mol. The molecule has 3 heterocycles. The quantitative estimate of drug-likeness (QED) is 0.387. The van der Waals surface area contributed by atoms with E-state index in [1.165, 1.54) is 16.4 Å². The molecule has 2 aliphatic heterocycles. The van der Waals surface area contributed by atoms with Crippen molar-refractivity contribution in [2.45, 2.75) is 26.8 Å². The van der Waals surface area contributed by atoms with Gasteiger partial charge in [-0.25, -0.2) is 9.79 Å². The fourth-order valence-corrected chi connectivity index (χ4v) is 5.77. The molecule has 0 radical (unpaired) electrons. The van der Waals surface area contributed by atoms with Crippen LogP contribution in [0.25, 0.3) is 5.57 Å². The van der Waals surface area contributed by atoms with E-state index in [1.54, 1.807) is 45.2 Å². The number of fused-ring (bicyclic) bond motifs is 2. The average Bonchev–Trinajstić information content (AvgIpc) is 3.31. The number of thiazole rings is 1. The number of allylic oxidation sites excluding steroid dienone is 1. The number of anilines is 1. The predicted octanol–water partition coefficient (Wildman–Crippen LogP) is 2.07. The monoisotopic (exact) mass is 517 g/mol. The second-order valence-electron chi connectivity index (χ2n) is 8.54. The van der Waals surface area contributed by atoms with E-state index >= 15 is 0 Å². The number of esters is 2. The summed E-state index contributed by atoms with van der Waals surface area (Å²) in [6.07, 6.45) is 0. The van der Waals surface area contributed by atoms with Crippen molar-refractivity contribution < 1.29 is 23.9 Å². The summed E-state index contributed by atoms with van der Waals surface area (Å²) in [5, 5.41) is 0. The number of aromatic nitrogens is 1. The Bertz CT molecular complexity index is 1680. The molecule has 5 rings (SSSR count). The highest BCUT2D eigenvalue weighted by molar-refractivity contribution is 7.07. The van der Waals surface area contributed by atoms with E-state index in [2.05, 4.69) is 4.99 Å². The minimum absolute atomic E-state index is 0.153. The van der Waals surface area contributed by atoms with Crippen LogP contribution in [0.3, 0.4) is 0 Å². The number of benzene rings is 2. The van der Waals surface area contributed by atoms with Gasteiger partial charge in [0, 0.05) is 19.5 Å². The van der Waals surface area contributed by atoms with Gasteiger partial charge in [-0.2, -0.15) is 0 Å². The standard InChI is InChI=1S/C27H23N3O6S/c1-5-35-26(34)20-14(2)28-27-30(22(20)16-10-12-17(13-11-16)36-15(3)31)25(33)23(37-27)21-18-8-6-7-9-19(18)29(4)24(21)32/h6-13,22H,5H2,1-4H3/b23-21-/t22-/m1/s1. The van der Waals surface area contributed by atoms with Crippen molar-refractivity contribution in [3.8, 4) is 5.75 Å². The van der Waals surface area contributed by atoms with Gasteiger partial charge in [-0.15, -0.1) is 0 Å². The molecule has 0 unspecified atom stereocenters. The van der Waals surface area contributed by atoms with Gasteiger partial charge in [-0.3, -0.25) is 19.0 Å². The molecule has 0 saturated carbocycles. The number of hydrogen-bond donors (Lipinski definition) is 0. The van der Waals surface area contributed by atoms with E-state index in [0.29, 0.717) is 38.6 Å². The Balaban J connectivity index is 1.77. The van der Waals surface area contributed by atoms with Gasteiger partial charge in [-0.1, -0.05) is 41.7 Å². The summed E-state index contributed by atoms with van der Waals surface area (Å²) in [4.78, 5) is 58.1. The van der Waals surface area contributed by atoms with Crippen LogP contribution in [-0.4, -0.2) is 36.1 Å². The zero-order valence-electron chi connectivity index (χ0n) is 20.6. The largest absolute Gasteiger partial charge is 0.463 e. The normalized spacial score (nSPS) is 17.8. The number of nitrogens with zero attached hydrogens (tertiary/aromatic N) is 3. The van der Waals surface area contributed by atoms with E-state index < -0.39 is 23.5 Å². The van der Waals surface area contributed by atoms with E-state index in [-0.39, 0.29) is 22.6 Å². The van der Waals surface area contributed by atoms with E-state index in [9.17, 15) is 19.2 Å². The lowest BCUT2D eigenvalue weighted by Crippen LogP contribution is -2.40. The smallest absolute Gasteiger partial charge is 0.338 e. The van der Waals surface area contributed by atoms with Crippen molar-refractivity contribution in [2.75, 3.05) is 18.6 Å². The fourth-order valence-electron chi connectivity index (χ4n) is 4.63. The molecule has 0 N–H and O–H groups in total. The Hall–Kier alpha value is -4.31. The first-order valence-corrected chi connectivity index (χ1v) is 12.4. The molecule has 1 atom stereocenters. The SMILES string of the molecule is CCOC(=O)C1=C(C)N=c2s/c(=C3\C(=O)N(C)c4ccccc43)c(=O)n2[C@@H]1c1ccc(OC(C)=O)cc1. The Kier molecular flexibility index (Phi) is 6.12. The van der Waals surface area contributed by atoms with E-state index in [1.807, 2.05) is 24.3 Å². The maximum atomic E-state index is 14.0. The molecule has 10 heteroatoms. The first-order valence-electron chi connectivity index (χ1n) is 11.6. The lowest BCUT2D eigenvalue weighted by molar-refractivity contribution is -0.139. The van der Waals surface area contributed by atoms with Crippen molar-refractivity contribution >= 4 is 40.4 Å². The van der Waals surface area contributed by atoms with Crippen molar-refractivity contribution in [1.82, 2.24) is 4.57 Å². The van der Waals surface area contributed by atoms with Crippen LogP contribution in [0.4, 0.5) is 5.69 Å². The summed E-state index contributed by atoms with van der Waals surface area (Å²) in [5.74, 6) is -0.995. The number of carbonyl (C=O) groups excluding carboxylic acids is 3. The second kappa shape index (κ2) is 9.29. The number of rotatable bonds is 4. The van der Waals surface area contributed by atoms with Gasteiger partial charge in [-0.05, 0) is 37.6 Å². The van der Waals surface area contributed by atoms with Crippen LogP contribution in [0.1, 0.15) is 37.9 Å². The van der Waals surface area contributed by atoms with Gasteiger partial charge in [0.15, 0.2) is 4.80 Å². The zero-order valence-corrected chi connectivity index (χ0v) is 21.4. The summed E-state index contributed by atoms with van der Waals surface area (Å²) in [5.41, 5.74) is 2.51. The van der Waals surface area contributed by atoms with Crippen LogP contribution in [0.15, 0.2) is 69.6 Å². The highest BCUT2D eigenvalue weighted by Gasteiger charge is 2.36. The van der Waals surface area contributed by atoms with Gasteiger partial charge in [0.05, 0.1) is 35.2 Å². The lowest BCUT2D eigenvalue weighted by Gasteiger charge is -2.24. The number of hydrogen-bond acceptors (Lipinski definition) is 8. The molecule has 188 valence electrons. The number of ether oxygens (including phenoxy) is 2. The molecule has 0 fully saturated rings. The predicted molar refractivity (Wildman–Crippen MR) is 137 cm³/mol. The highest BCUT2D eigenvalue weighted by Crippen LogP contribution is 2.35. The molecular formula is C27H23N3O6S. The summed E-state index contributed by atoms with van der Waals surface area (Å²) in [6, 6.07) is 13.0. The van der Waals surface area contributed by atoms with Crippen LogP contribution in [0.5, 0.6) is 5.75 Å². The lowest BCUT2D eigenvalue weighted by atomic mass is 9.96. The number of likely N-dealkylation sites (N-methyl/N-ethyl adjacent to an activating group) is 1. The molecule has 0 aliphatic carbocycles. The van der Waals surface area contributed by atoms with Crippen LogP contribution in [0, 0.1) is 0 Å². The molecule has 1 amide bonds. The third kappa shape index (κ3) is 3.99. The molecule has 3 aromatic rings. The third-order valence-electron chi connectivity index (χ3n) is 6.23. The Morgan fingerprint density at radius 3 is 2.46 bits per heavy atom. The van der Waals surface area contributed by atoms with Gasteiger partial charge >= 0.3 is 11.9 Å². The molecule has 2 aromatic carbocycles.